The lowest BCUT2D eigenvalue weighted by Crippen LogP contribution is -2.54. The molecule has 1 N–H and O–H groups in total. The van der Waals surface area contributed by atoms with Gasteiger partial charge in [-0.05, 0) is 49.8 Å². The van der Waals surface area contributed by atoms with E-state index in [0.717, 1.165) is 12.2 Å². The average Bonchev–Trinajstić information content (AvgIpc) is 3.48. The number of hydrogen-bond donors (Lipinski definition) is 1. The number of halogens is 1. The Morgan fingerprint density at radius 2 is 2.05 bits per heavy atom. The largest absolute Gasteiger partial charge is 0.457 e. The number of anilines is 3. The molecule has 0 radical (unpaired) electrons. The molecule has 208 valence electrons. The fourth-order valence-electron chi connectivity index (χ4n) is 5.01. The van der Waals surface area contributed by atoms with Gasteiger partial charge in [0.1, 0.15) is 35.5 Å². The van der Waals surface area contributed by atoms with Gasteiger partial charge >= 0.3 is 0 Å². The monoisotopic (exact) mass is 553 g/mol. The van der Waals surface area contributed by atoms with Crippen LogP contribution in [0.4, 0.5) is 21.7 Å². The number of carbonyl (C=O) groups is 1. The van der Waals surface area contributed by atoms with E-state index in [-0.39, 0.29) is 17.6 Å². The third kappa shape index (κ3) is 4.99. The molecule has 11 nitrogen and oxygen atoms in total. The summed E-state index contributed by atoms with van der Waals surface area (Å²) in [4.78, 5) is 34.0. The van der Waals surface area contributed by atoms with E-state index >= 15 is 4.39 Å². The second-order valence-electron chi connectivity index (χ2n) is 9.71. The molecule has 5 heterocycles. The van der Waals surface area contributed by atoms with Crippen LogP contribution in [-0.2, 0) is 4.79 Å². The third-order valence-electron chi connectivity index (χ3n) is 7.27. The summed E-state index contributed by atoms with van der Waals surface area (Å²) in [6.07, 6.45) is 6.77. The Labute approximate surface area is 235 Å². The molecule has 12 heteroatoms. The first kappa shape index (κ1) is 26.1. The van der Waals surface area contributed by atoms with Gasteiger partial charge in [-0.1, -0.05) is 13.5 Å². The molecule has 1 aliphatic heterocycles. The Balaban J connectivity index is 1.25. The zero-order valence-corrected chi connectivity index (χ0v) is 22.7. The van der Waals surface area contributed by atoms with E-state index < -0.39 is 5.82 Å². The van der Waals surface area contributed by atoms with E-state index in [4.69, 9.17) is 9.72 Å². The third-order valence-corrected chi connectivity index (χ3v) is 7.27. The molecule has 1 atom stereocenters. The summed E-state index contributed by atoms with van der Waals surface area (Å²) < 4.78 is 23.1. The number of amides is 1. The topological polar surface area (TPSA) is 114 Å². The number of rotatable bonds is 7. The predicted octanol–water partition coefficient (Wildman–Crippen LogP) is 4.66. The quantitative estimate of drug-likeness (QED) is 0.287. The molecule has 1 saturated heterocycles. The van der Waals surface area contributed by atoms with Crippen molar-refractivity contribution in [3.8, 4) is 11.5 Å². The van der Waals surface area contributed by atoms with Gasteiger partial charge in [0.15, 0.2) is 17.3 Å². The van der Waals surface area contributed by atoms with Crippen molar-refractivity contribution in [2.24, 2.45) is 0 Å². The maximum atomic E-state index is 15.6. The molecular weight excluding hydrogens is 525 g/mol. The van der Waals surface area contributed by atoms with Crippen molar-refractivity contribution in [2.45, 2.75) is 26.3 Å². The molecule has 4 aromatic heterocycles. The highest BCUT2D eigenvalue weighted by Gasteiger charge is 2.29. The summed E-state index contributed by atoms with van der Waals surface area (Å²) in [5.74, 6) is 1.49. The standard InChI is InChI=1S/C29H28FN9O2/c1-4-19-15-37(12-13-38(19)26(40)5-2)24-9-7-22-28(36-24)29(33-16-31-22)35-21-6-8-23(18(3)27(21)30)41-20-10-11-39-25(14-20)32-17-34-39/h5-11,14,16-17,19H,2,4,12-13,15H2,1,3H3,(H,31,33,35)/t19-/m0/s1. The first-order valence-electron chi connectivity index (χ1n) is 13.3. The summed E-state index contributed by atoms with van der Waals surface area (Å²) in [5.41, 5.74) is 2.33. The lowest BCUT2D eigenvalue weighted by Gasteiger charge is -2.41. The highest BCUT2D eigenvalue weighted by molar-refractivity contribution is 5.89. The normalized spacial score (nSPS) is 15.3. The molecule has 41 heavy (non-hydrogen) atoms. The highest BCUT2D eigenvalue weighted by atomic mass is 19.1. The van der Waals surface area contributed by atoms with Gasteiger partial charge in [-0.15, -0.1) is 0 Å². The first-order chi connectivity index (χ1) is 19.9. The second kappa shape index (κ2) is 10.8. The Hall–Kier alpha value is -5.13. The zero-order valence-electron chi connectivity index (χ0n) is 22.7. The van der Waals surface area contributed by atoms with Crippen molar-refractivity contribution in [2.75, 3.05) is 29.9 Å². The summed E-state index contributed by atoms with van der Waals surface area (Å²) in [6, 6.07) is 10.6. The van der Waals surface area contributed by atoms with E-state index in [1.54, 1.807) is 41.9 Å². The van der Waals surface area contributed by atoms with Crippen LogP contribution in [0, 0.1) is 12.7 Å². The fraction of sp³-hybridized carbons (Fsp3) is 0.241. The van der Waals surface area contributed by atoms with Crippen LogP contribution < -0.4 is 15.0 Å². The van der Waals surface area contributed by atoms with Gasteiger partial charge < -0.3 is 19.9 Å². The number of nitrogens with zero attached hydrogens (tertiary/aromatic N) is 8. The van der Waals surface area contributed by atoms with Crippen LogP contribution in [0.1, 0.15) is 18.9 Å². The molecule has 0 unspecified atom stereocenters. The Morgan fingerprint density at radius 1 is 1.17 bits per heavy atom. The average molecular weight is 554 g/mol. The summed E-state index contributed by atoms with van der Waals surface area (Å²) in [7, 11) is 0. The fourth-order valence-corrected chi connectivity index (χ4v) is 5.01. The molecule has 1 fully saturated rings. The van der Waals surface area contributed by atoms with Crippen LogP contribution in [0.15, 0.2) is 67.9 Å². The van der Waals surface area contributed by atoms with E-state index in [9.17, 15) is 4.79 Å². The lowest BCUT2D eigenvalue weighted by molar-refractivity contribution is -0.128. The molecule has 1 aliphatic rings. The number of pyridine rings is 2. The van der Waals surface area contributed by atoms with E-state index in [1.807, 2.05) is 17.0 Å². The smallest absolute Gasteiger partial charge is 0.246 e. The van der Waals surface area contributed by atoms with Gasteiger partial charge in [0.25, 0.3) is 0 Å². The van der Waals surface area contributed by atoms with E-state index in [2.05, 4.69) is 43.8 Å². The molecule has 1 amide bonds. The van der Waals surface area contributed by atoms with Crippen LogP contribution in [0.25, 0.3) is 16.7 Å². The van der Waals surface area contributed by atoms with Gasteiger partial charge in [0.2, 0.25) is 5.91 Å². The minimum Gasteiger partial charge on any atom is -0.457 e. The van der Waals surface area contributed by atoms with Gasteiger partial charge in [-0.25, -0.2) is 28.8 Å². The lowest BCUT2D eigenvalue weighted by atomic mass is 10.1. The molecular formula is C29H28FN9O2. The molecule has 1 aromatic carbocycles. The summed E-state index contributed by atoms with van der Waals surface area (Å²) in [6.45, 7) is 9.19. The molecule has 0 saturated carbocycles. The molecule has 5 aromatic rings. The zero-order chi connectivity index (χ0) is 28.5. The maximum absolute atomic E-state index is 15.6. The summed E-state index contributed by atoms with van der Waals surface area (Å²) >= 11 is 0. The molecule has 6 rings (SSSR count). The van der Waals surface area contributed by atoms with Crippen LogP contribution in [0.3, 0.4) is 0 Å². The minimum absolute atomic E-state index is 0.0486. The van der Waals surface area contributed by atoms with Crippen LogP contribution >= 0.6 is 0 Å². The SMILES string of the molecule is C=CC(=O)N1CCN(c2ccc3ncnc(Nc4ccc(Oc5ccn6ncnc6c5)c(C)c4F)c3n2)C[C@@H]1CC. The van der Waals surface area contributed by atoms with E-state index in [0.29, 0.717) is 59.2 Å². The summed E-state index contributed by atoms with van der Waals surface area (Å²) in [5, 5.41) is 7.17. The number of benzene rings is 1. The second-order valence-corrected chi connectivity index (χ2v) is 9.71. The number of aromatic nitrogens is 6. The van der Waals surface area contributed by atoms with E-state index in [1.165, 1.54) is 18.7 Å². The number of hydrogen-bond acceptors (Lipinski definition) is 9. The number of fused-ring (bicyclic) bond motifs is 2. The van der Waals surface area contributed by atoms with Gasteiger partial charge in [-0.3, -0.25) is 4.79 Å². The number of nitrogens with one attached hydrogen (secondary N) is 1. The number of ether oxygens (including phenoxy) is 1. The predicted molar refractivity (Wildman–Crippen MR) is 153 cm³/mol. The van der Waals surface area contributed by atoms with Crippen LogP contribution in [-0.4, -0.2) is 66.0 Å². The minimum atomic E-state index is -0.470. The van der Waals surface area contributed by atoms with Crippen molar-refractivity contribution in [3.05, 3.63) is 79.3 Å². The number of carbonyl (C=O) groups excluding carboxylic acids is 1. The van der Waals surface area contributed by atoms with Gasteiger partial charge in [0.05, 0.1) is 11.2 Å². The molecule has 0 spiro atoms. The highest BCUT2D eigenvalue weighted by Crippen LogP contribution is 2.33. The van der Waals surface area contributed by atoms with Crippen LogP contribution in [0.2, 0.25) is 0 Å². The number of piperazine rings is 1. The first-order valence-corrected chi connectivity index (χ1v) is 13.3. The van der Waals surface area contributed by atoms with Crippen molar-refractivity contribution < 1.29 is 13.9 Å². The van der Waals surface area contributed by atoms with Crippen LogP contribution in [0.5, 0.6) is 11.5 Å². The van der Waals surface area contributed by atoms with Gasteiger partial charge in [-0.2, -0.15) is 5.10 Å². The molecule has 0 bridgehead atoms. The van der Waals surface area contributed by atoms with Crippen molar-refractivity contribution in [1.82, 2.24) is 34.4 Å². The Bertz CT molecular complexity index is 1770. The Morgan fingerprint density at radius 3 is 2.88 bits per heavy atom. The van der Waals surface area contributed by atoms with Crippen molar-refractivity contribution >= 4 is 39.9 Å². The maximum Gasteiger partial charge on any atom is 0.246 e. The van der Waals surface area contributed by atoms with Crippen molar-refractivity contribution in [3.63, 3.8) is 0 Å². The van der Waals surface area contributed by atoms with Gasteiger partial charge in [0, 0.05) is 43.5 Å². The van der Waals surface area contributed by atoms with Crippen molar-refractivity contribution in [1.29, 1.82) is 0 Å². The molecule has 0 aliphatic carbocycles. The Kier molecular flexibility index (Phi) is 6.88.